The Labute approximate surface area is 306 Å². The molecule has 0 aliphatic heterocycles. The first-order valence-electron chi connectivity index (χ1n) is 18.0. The zero-order valence-electron chi connectivity index (χ0n) is 28.6. The average Bonchev–Trinajstić information content (AvgIpc) is 3.81. The maximum atomic E-state index is 14.6. The zero-order valence-corrected chi connectivity index (χ0v) is 28.6. The van der Waals surface area contributed by atoms with E-state index in [0.717, 1.165) is 87.8 Å². The van der Waals surface area contributed by atoms with Crippen molar-refractivity contribution in [1.29, 1.82) is 0 Å². The third-order valence-electron chi connectivity index (χ3n) is 11.2. The second-order valence-corrected chi connectivity index (χ2v) is 14.1. The van der Waals surface area contributed by atoms with E-state index in [1.807, 2.05) is 78.9 Å². The molecule has 0 saturated carbocycles. The molecule has 6 nitrogen and oxygen atoms in total. The van der Waals surface area contributed by atoms with Crippen LogP contribution in [0.2, 0.25) is 0 Å². The summed E-state index contributed by atoms with van der Waals surface area (Å²) in [4.78, 5) is 38.9. The van der Waals surface area contributed by atoms with Crippen LogP contribution in [-0.2, 0) is 0 Å². The van der Waals surface area contributed by atoms with Gasteiger partial charge in [-0.3, -0.25) is 18.4 Å². The van der Waals surface area contributed by atoms with Crippen LogP contribution in [-0.4, -0.2) is 18.8 Å². The van der Waals surface area contributed by atoms with Gasteiger partial charge in [-0.2, -0.15) is 0 Å². The van der Waals surface area contributed by atoms with Crippen molar-refractivity contribution in [3.05, 3.63) is 178 Å². The Bertz CT molecular complexity index is 3650. The minimum atomic E-state index is -0.100. The lowest BCUT2D eigenvalue weighted by Crippen LogP contribution is -2.13. The fourth-order valence-corrected chi connectivity index (χ4v) is 8.69. The van der Waals surface area contributed by atoms with Crippen molar-refractivity contribution in [2.24, 2.45) is 0 Å². The molecule has 0 saturated heterocycles. The van der Waals surface area contributed by atoms with Crippen molar-refractivity contribution in [2.45, 2.75) is 0 Å². The Morgan fingerprint density at radius 1 is 0.352 bits per heavy atom. The summed E-state index contributed by atoms with van der Waals surface area (Å²) in [6.45, 7) is 0. The third kappa shape index (κ3) is 3.94. The van der Waals surface area contributed by atoms with Crippen molar-refractivity contribution in [3.63, 3.8) is 0 Å². The second-order valence-electron chi connectivity index (χ2n) is 14.1. The van der Waals surface area contributed by atoms with Crippen molar-refractivity contribution >= 4 is 76.5 Å². The van der Waals surface area contributed by atoms with E-state index in [1.54, 1.807) is 8.80 Å². The molecule has 0 aliphatic carbocycles. The van der Waals surface area contributed by atoms with E-state index < -0.39 is 0 Å². The highest BCUT2D eigenvalue weighted by Crippen LogP contribution is 2.38. The van der Waals surface area contributed by atoms with Gasteiger partial charge in [-0.25, -0.2) is 9.97 Å². The predicted octanol–water partition coefficient (Wildman–Crippen LogP) is 10.5. The molecule has 12 rings (SSSR count). The highest BCUT2D eigenvalue weighted by molar-refractivity contribution is 6.19. The number of pyridine rings is 2. The van der Waals surface area contributed by atoms with Gasteiger partial charge in [0.25, 0.3) is 11.1 Å². The van der Waals surface area contributed by atoms with E-state index >= 15 is 0 Å². The molecular formula is C48H26N4O2. The normalized spacial score (nSPS) is 12.2. The Hall–Kier alpha value is -7.44. The molecule has 0 fully saturated rings. The Morgan fingerprint density at radius 2 is 0.907 bits per heavy atom. The van der Waals surface area contributed by atoms with Crippen LogP contribution in [0.1, 0.15) is 0 Å². The van der Waals surface area contributed by atoms with Gasteiger partial charge < -0.3 is 0 Å². The molecule has 0 unspecified atom stereocenters. The van der Waals surface area contributed by atoms with Gasteiger partial charge in [0.05, 0.1) is 22.1 Å². The van der Waals surface area contributed by atoms with E-state index in [4.69, 9.17) is 9.97 Å². The number of aromatic nitrogens is 4. The van der Waals surface area contributed by atoms with E-state index in [1.165, 1.54) is 0 Å². The zero-order chi connectivity index (χ0) is 35.7. The molecule has 250 valence electrons. The predicted molar refractivity (Wildman–Crippen MR) is 220 cm³/mol. The van der Waals surface area contributed by atoms with Gasteiger partial charge in [0.1, 0.15) is 11.3 Å². The molecule has 0 radical (unpaired) electrons. The summed E-state index contributed by atoms with van der Waals surface area (Å²) in [5.41, 5.74) is 10.3. The molecule has 0 N–H and O–H groups in total. The Balaban J connectivity index is 1.12. The fourth-order valence-electron chi connectivity index (χ4n) is 8.69. The fraction of sp³-hybridized carbons (Fsp3) is 0. The molecule has 0 spiro atoms. The highest BCUT2D eigenvalue weighted by Gasteiger charge is 2.21. The van der Waals surface area contributed by atoms with Gasteiger partial charge in [0.15, 0.2) is 0 Å². The van der Waals surface area contributed by atoms with E-state index in [2.05, 4.69) is 78.9 Å². The lowest BCUT2D eigenvalue weighted by molar-refractivity contribution is 1.19. The van der Waals surface area contributed by atoms with Crippen molar-refractivity contribution < 1.29 is 0 Å². The molecule has 54 heavy (non-hydrogen) atoms. The molecular weight excluding hydrogens is 665 g/mol. The summed E-state index contributed by atoms with van der Waals surface area (Å²) in [5.74, 6) is 0. The summed E-state index contributed by atoms with van der Waals surface area (Å²) in [5, 5.41) is 6.82. The van der Waals surface area contributed by atoms with Gasteiger partial charge in [-0.15, -0.1) is 0 Å². The SMILES string of the molecule is O=c1c2cc(-c3cc4cccc5c(=O)n6c7cc(-c8ccccc8)ccc7nc6c(c3)c45)cc3cccc(c32)c2nc3cc(-c4ccccc4)ccc3n12. The molecule has 6 heteroatoms. The van der Waals surface area contributed by atoms with E-state index in [9.17, 15) is 9.59 Å². The maximum Gasteiger partial charge on any atom is 0.264 e. The summed E-state index contributed by atoms with van der Waals surface area (Å²) in [6, 6.07) is 53.1. The Kier molecular flexibility index (Phi) is 5.70. The molecule has 12 aromatic rings. The van der Waals surface area contributed by atoms with Gasteiger partial charge in [0.2, 0.25) is 0 Å². The molecule has 0 aliphatic rings. The minimum absolute atomic E-state index is 0.0870. The average molecular weight is 691 g/mol. The van der Waals surface area contributed by atoms with Crippen LogP contribution < -0.4 is 11.1 Å². The number of hydrogen-bond donors (Lipinski definition) is 0. The number of nitrogens with zero attached hydrogens (tertiary/aromatic N) is 4. The van der Waals surface area contributed by atoms with E-state index in [-0.39, 0.29) is 11.1 Å². The first kappa shape index (κ1) is 29.2. The van der Waals surface area contributed by atoms with Crippen LogP contribution in [0, 0.1) is 0 Å². The first-order chi connectivity index (χ1) is 26.6. The van der Waals surface area contributed by atoms with Crippen molar-refractivity contribution in [2.75, 3.05) is 0 Å². The summed E-state index contributed by atoms with van der Waals surface area (Å²) >= 11 is 0. The number of benzene rings is 8. The van der Waals surface area contributed by atoms with Gasteiger partial charge in [-0.05, 0) is 98.8 Å². The van der Waals surface area contributed by atoms with Crippen LogP contribution in [0.25, 0.3) is 110 Å². The topological polar surface area (TPSA) is 68.7 Å². The number of rotatable bonds is 3. The lowest BCUT2D eigenvalue weighted by Gasteiger charge is -2.13. The smallest absolute Gasteiger partial charge is 0.264 e. The molecule has 0 atom stereocenters. The summed E-state index contributed by atoms with van der Waals surface area (Å²) < 4.78 is 3.52. The standard InChI is InChI=1S/C48H26N4O2/c53-47-36-16-8-14-32-22-33(23-37(44(32)36)46-49-39-19-17-30(26-42(39)52(46)47)28-11-5-2-6-12-28)34-21-31-13-7-15-35-43(31)38(24-34)48(54)51-41-20-18-29(25-40(41)50-45(35)51)27-9-3-1-4-10-27/h1-26H. The molecule has 4 heterocycles. The van der Waals surface area contributed by atoms with Crippen LogP contribution in [0.4, 0.5) is 0 Å². The van der Waals surface area contributed by atoms with Gasteiger partial charge in [-0.1, -0.05) is 103 Å². The number of hydrogen-bond acceptors (Lipinski definition) is 4. The number of fused-ring (bicyclic) bond motifs is 8. The van der Waals surface area contributed by atoms with Crippen molar-refractivity contribution in [1.82, 2.24) is 18.8 Å². The lowest BCUT2D eigenvalue weighted by atomic mass is 9.93. The van der Waals surface area contributed by atoms with Crippen molar-refractivity contribution in [3.8, 4) is 33.4 Å². The van der Waals surface area contributed by atoms with Crippen LogP contribution in [0.15, 0.2) is 167 Å². The van der Waals surface area contributed by atoms with Crippen LogP contribution in [0.3, 0.4) is 0 Å². The molecule has 8 aromatic carbocycles. The quantitative estimate of drug-likeness (QED) is 0.185. The van der Waals surface area contributed by atoms with Gasteiger partial charge >= 0.3 is 0 Å². The summed E-state index contributed by atoms with van der Waals surface area (Å²) in [7, 11) is 0. The summed E-state index contributed by atoms with van der Waals surface area (Å²) in [6.07, 6.45) is 0. The number of imidazole rings is 2. The monoisotopic (exact) mass is 690 g/mol. The Morgan fingerprint density at radius 3 is 1.63 bits per heavy atom. The van der Waals surface area contributed by atoms with Gasteiger partial charge in [0, 0.05) is 32.3 Å². The molecule has 0 bridgehead atoms. The second kappa shape index (κ2) is 10.6. The largest absolute Gasteiger partial charge is 0.268 e. The third-order valence-corrected chi connectivity index (χ3v) is 11.2. The highest BCUT2D eigenvalue weighted by atomic mass is 16.1. The minimum Gasteiger partial charge on any atom is -0.268 e. The van der Waals surface area contributed by atoms with Crippen LogP contribution >= 0.6 is 0 Å². The van der Waals surface area contributed by atoms with Crippen LogP contribution in [0.5, 0.6) is 0 Å². The maximum absolute atomic E-state index is 14.6. The van der Waals surface area contributed by atoms with E-state index in [0.29, 0.717) is 22.1 Å². The first-order valence-corrected chi connectivity index (χ1v) is 18.0. The molecule has 0 amide bonds. The molecule has 4 aromatic heterocycles.